The lowest BCUT2D eigenvalue weighted by Gasteiger charge is -2.22. The molecule has 1 aromatic heterocycles. The minimum Gasteiger partial charge on any atom is -0.476 e. The van der Waals surface area contributed by atoms with Crippen LogP contribution >= 0.6 is 0 Å². The van der Waals surface area contributed by atoms with Gasteiger partial charge in [0, 0.05) is 10.8 Å². The number of fused-ring (bicyclic) bond motifs is 2. The monoisotopic (exact) mass is 648 g/mol. The van der Waals surface area contributed by atoms with Gasteiger partial charge in [0.25, 0.3) is 0 Å². The number of cyclic esters (lactones) is 4. The molecule has 4 N–H and O–H groups in total. The summed E-state index contributed by atoms with van der Waals surface area (Å²) in [5.74, 6) is -10.0. The fourth-order valence-electron chi connectivity index (χ4n) is 5.99. The van der Waals surface area contributed by atoms with Gasteiger partial charge in [0.2, 0.25) is 0 Å². The van der Waals surface area contributed by atoms with Crippen molar-refractivity contribution >= 4 is 90.8 Å². The molecule has 2 aliphatic rings. The highest BCUT2D eigenvalue weighted by atomic mass is 16.6. The van der Waals surface area contributed by atoms with E-state index in [9.17, 15) is 38.4 Å². The lowest BCUT2D eigenvalue weighted by Crippen LogP contribution is -2.21. The minimum atomic E-state index is -1.83. The Kier molecular flexibility index (Phi) is 6.16. The molecule has 0 saturated heterocycles. The SMILES string of the molecule is O=C(O)c1nc(C(=O)O)c(C(=O)O)nc1C(=O)O.O=C1OC(=O)c2ccc3c4ccc5c6c(ccc(c7ccc1c2c73)c64)C(=O)OC5=O. The van der Waals surface area contributed by atoms with Gasteiger partial charge >= 0.3 is 47.8 Å². The predicted molar refractivity (Wildman–Crippen MR) is 157 cm³/mol. The number of carbonyl (C=O) groups excluding carboxylic acids is 4. The fourth-order valence-corrected chi connectivity index (χ4v) is 5.99. The number of ether oxygens (including phenoxy) is 2. The second-order valence-corrected chi connectivity index (χ2v) is 10.3. The zero-order valence-electron chi connectivity index (χ0n) is 23.4. The molecule has 8 rings (SSSR count). The first-order valence-corrected chi connectivity index (χ1v) is 13.4. The van der Waals surface area contributed by atoms with Crippen LogP contribution in [0.25, 0.3) is 43.1 Å². The van der Waals surface area contributed by atoms with Gasteiger partial charge in [-0.15, -0.1) is 0 Å². The van der Waals surface area contributed by atoms with Crippen molar-refractivity contribution in [1.29, 1.82) is 0 Å². The van der Waals surface area contributed by atoms with E-state index in [1.54, 1.807) is 24.3 Å². The van der Waals surface area contributed by atoms with Gasteiger partial charge in [0.15, 0.2) is 22.8 Å². The lowest BCUT2D eigenvalue weighted by atomic mass is 9.83. The zero-order chi connectivity index (χ0) is 34.3. The van der Waals surface area contributed by atoms with E-state index in [2.05, 4.69) is 9.97 Å². The summed E-state index contributed by atoms with van der Waals surface area (Å²) in [5.41, 5.74) is -3.21. The Labute approximate surface area is 262 Å². The number of carbonyl (C=O) groups is 8. The normalized spacial score (nSPS) is 13.3. The van der Waals surface area contributed by atoms with Gasteiger partial charge in [-0.2, -0.15) is 0 Å². The van der Waals surface area contributed by atoms with Crippen molar-refractivity contribution in [1.82, 2.24) is 9.97 Å². The van der Waals surface area contributed by atoms with Crippen molar-refractivity contribution in [3.8, 4) is 0 Å². The average molecular weight is 648 g/mol. The van der Waals surface area contributed by atoms with Crippen LogP contribution in [0.4, 0.5) is 0 Å². The van der Waals surface area contributed by atoms with Gasteiger partial charge in [-0.25, -0.2) is 48.3 Å². The van der Waals surface area contributed by atoms with Crippen molar-refractivity contribution < 1.29 is 68.3 Å². The van der Waals surface area contributed by atoms with Gasteiger partial charge in [-0.05, 0) is 56.6 Å². The maximum atomic E-state index is 12.3. The van der Waals surface area contributed by atoms with Crippen LogP contribution in [0.1, 0.15) is 83.4 Å². The summed E-state index contributed by atoms with van der Waals surface area (Å²) in [7, 11) is 0. The van der Waals surface area contributed by atoms with Crippen LogP contribution in [0, 0.1) is 0 Å². The van der Waals surface area contributed by atoms with Crippen LogP contribution in [-0.2, 0) is 9.47 Å². The summed E-state index contributed by atoms with van der Waals surface area (Å²) in [5, 5.41) is 40.6. The molecule has 234 valence electrons. The summed E-state index contributed by atoms with van der Waals surface area (Å²) in [4.78, 5) is 98.0. The summed E-state index contributed by atoms with van der Waals surface area (Å²) in [6.45, 7) is 0. The number of nitrogens with zero attached hydrogens (tertiary/aromatic N) is 2. The molecule has 0 fully saturated rings. The van der Waals surface area contributed by atoms with Crippen molar-refractivity contribution in [2.45, 2.75) is 0 Å². The molecule has 0 saturated carbocycles. The number of aromatic nitrogens is 2. The third kappa shape index (κ3) is 4.02. The molecule has 0 atom stereocenters. The van der Waals surface area contributed by atoms with E-state index in [-0.39, 0.29) is 0 Å². The molecule has 2 aliphatic heterocycles. The van der Waals surface area contributed by atoms with E-state index in [0.717, 1.165) is 32.3 Å². The number of aromatic carboxylic acids is 4. The van der Waals surface area contributed by atoms with Crippen LogP contribution in [-0.4, -0.2) is 78.1 Å². The average Bonchev–Trinajstić information content (AvgIpc) is 3.04. The summed E-state index contributed by atoms with van der Waals surface area (Å²) in [6, 6.07) is 13.9. The van der Waals surface area contributed by atoms with E-state index in [1.807, 2.05) is 24.3 Å². The molecule has 6 aromatic rings. The Bertz CT molecular complexity index is 2260. The number of hydrogen-bond donors (Lipinski definition) is 4. The minimum absolute atomic E-state index is 0.345. The molecule has 5 aromatic carbocycles. The fraction of sp³-hybridized carbons (Fsp3) is 0. The zero-order valence-corrected chi connectivity index (χ0v) is 23.4. The van der Waals surface area contributed by atoms with Crippen molar-refractivity contribution in [2.24, 2.45) is 0 Å². The number of esters is 4. The molecule has 48 heavy (non-hydrogen) atoms. The Morgan fingerprint density at radius 2 is 0.625 bits per heavy atom. The van der Waals surface area contributed by atoms with Gasteiger partial charge < -0.3 is 29.9 Å². The van der Waals surface area contributed by atoms with Gasteiger partial charge in [0.1, 0.15) is 0 Å². The van der Waals surface area contributed by atoms with Crippen LogP contribution in [0.2, 0.25) is 0 Å². The molecule has 3 heterocycles. The highest BCUT2D eigenvalue weighted by Gasteiger charge is 2.33. The van der Waals surface area contributed by atoms with E-state index < -0.39 is 70.5 Å². The van der Waals surface area contributed by atoms with Crippen molar-refractivity contribution in [3.63, 3.8) is 0 Å². The third-order valence-corrected chi connectivity index (χ3v) is 7.86. The Morgan fingerprint density at radius 1 is 0.396 bits per heavy atom. The van der Waals surface area contributed by atoms with E-state index in [0.29, 0.717) is 33.0 Å². The van der Waals surface area contributed by atoms with Gasteiger partial charge in [-0.3, -0.25) is 0 Å². The number of benzene rings is 5. The Hall–Kier alpha value is -7.36. The number of hydrogen-bond acceptors (Lipinski definition) is 12. The number of rotatable bonds is 4. The molecule has 16 heteroatoms. The summed E-state index contributed by atoms with van der Waals surface area (Å²) < 4.78 is 9.74. The van der Waals surface area contributed by atoms with E-state index in [4.69, 9.17) is 29.9 Å². The second-order valence-electron chi connectivity index (χ2n) is 10.3. The van der Waals surface area contributed by atoms with Gasteiger partial charge in [-0.1, -0.05) is 24.3 Å². The second kappa shape index (κ2) is 10.1. The first-order valence-electron chi connectivity index (χ1n) is 13.4. The molecule has 0 radical (unpaired) electrons. The van der Waals surface area contributed by atoms with E-state index >= 15 is 0 Å². The molecule has 0 aliphatic carbocycles. The Balaban J connectivity index is 0.000000175. The summed E-state index contributed by atoms with van der Waals surface area (Å²) >= 11 is 0. The third-order valence-electron chi connectivity index (χ3n) is 7.86. The van der Waals surface area contributed by atoms with Crippen LogP contribution in [0.15, 0.2) is 48.5 Å². The Morgan fingerprint density at radius 3 is 0.833 bits per heavy atom. The molecular formula is C32H12N2O14. The highest BCUT2D eigenvalue weighted by Crippen LogP contribution is 2.45. The van der Waals surface area contributed by atoms with Crippen LogP contribution in [0.5, 0.6) is 0 Å². The van der Waals surface area contributed by atoms with Crippen LogP contribution < -0.4 is 0 Å². The summed E-state index contributed by atoms with van der Waals surface area (Å²) in [6.07, 6.45) is 0. The maximum Gasteiger partial charge on any atom is 0.357 e. The quantitative estimate of drug-likeness (QED) is 0.0920. The molecule has 0 unspecified atom stereocenters. The van der Waals surface area contributed by atoms with Crippen molar-refractivity contribution in [3.05, 3.63) is 93.6 Å². The largest absolute Gasteiger partial charge is 0.476 e. The first-order chi connectivity index (χ1) is 22.8. The highest BCUT2D eigenvalue weighted by molar-refractivity contribution is 6.39. The van der Waals surface area contributed by atoms with Crippen LogP contribution in [0.3, 0.4) is 0 Å². The predicted octanol–water partition coefficient (Wildman–Crippen LogP) is 3.63. The topological polar surface area (TPSA) is 262 Å². The first kappa shape index (κ1) is 29.4. The number of carboxylic acids is 4. The smallest absolute Gasteiger partial charge is 0.357 e. The number of carboxylic acid groups (broad SMARTS) is 4. The molecule has 0 spiro atoms. The van der Waals surface area contributed by atoms with Crippen molar-refractivity contribution in [2.75, 3.05) is 0 Å². The van der Waals surface area contributed by atoms with Gasteiger partial charge in [0.05, 0.1) is 22.3 Å². The molecule has 16 nitrogen and oxygen atoms in total. The molecule has 0 bridgehead atoms. The maximum absolute atomic E-state index is 12.3. The standard InChI is InChI=1S/C24H8O6.C8H4N2O8/c25-21-13-5-1-9-10-2-6-15-20-16(24(28)30-23(15)27)8-4-12(18(10)20)11-3-7-14(22(26)29-21)19(13)17(9)11;11-5(12)1-2(6(13)14)10-4(8(17)18)3(9-1)7(15)16/h1-8H;(H,11,12)(H,13,14)(H,15,16)(H,17,18). The lowest BCUT2D eigenvalue weighted by molar-refractivity contribution is 0.0373. The van der Waals surface area contributed by atoms with E-state index in [1.165, 1.54) is 0 Å². The molecular weight excluding hydrogens is 636 g/mol. The molecule has 0 amide bonds.